The number of nitrogens with two attached hydrogens (primary N) is 1. The number of nitrogen functional groups attached to an aromatic ring is 1. The van der Waals surface area contributed by atoms with Crippen LogP contribution in [0.2, 0.25) is 0 Å². The molecule has 2 heterocycles. The second-order valence-electron chi connectivity index (χ2n) is 3.51. The van der Waals surface area contributed by atoms with Gasteiger partial charge < -0.3 is 5.73 Å². The van der Waals surface area contributed by atoms with Crippen molar-refractivity contribution in [2.75, 3.05) is 5.73 Å². The molecule has 0 saturated heterocycles. The molecule has 1 aromatic rings. The Balaban J connectivity index is 2.49. The lowest BCUT2D eigenvalue weighted by Gasteiger charge is -2.13. The molecular weight excluding hydrogens is 182 g/mol. The van der Waals surface area contributed by atoms with Crippen molar-refractivity contribution in [3.8, 4) is 0 Å². The average molecular weight is 193 g/mol. The van der Waals surface area contributed by atoms with Gasteiger partial charge in [-0.25, -0.2) is 4.99 Å². The number of carbonyl (C=O) groups is 1. The normalized spacial score (nSPS) is 15.6. The number of aliphatic imine (C=N–C) groups is 1. The molecule has 0 atom stereocenters. The standard InChI is InChI=1S/C8H11N5O/c1-4(2)5-3-6(14)13-8(10-5)11-7(9)12-13/h4H,3H2,1-2H3,(H2,9,12). The van der Waals surface area contributed by atoms with Gasteiger partial charge in [-0.05, 0) is 5.92 Å². The molecule has 1 aliphatic heterocycles. The number of hydrogen-bond acceptors (Lipinski definition) is 5. The predicted octanol–water partition coefficient (Wildman–Crippen LogP) is 0.633. The molecule has 2 N–H and O–H groups in total. The summed E-state index contributed by atoms with van der Waals surface area (Å²) in [5, 5.41) is 3.75. The summed E-state index contributed by atoms with van der Waals surface area (Å²) in [6.07, 6.45) is 0.299. The zero-order valence-electron chi connectivity index (χ0n) is 8.06. The highest BCUT2D eigenvalue weighted by Gasteiger charge is 2.23. The highest BCUT2D eigenvalue weighted by molar-refractivity contribution is 6.06. The first-order valence-corrected chi connectivity index (χ1v) is 4.41. The Morgan fingerprint density at radius 2 is 2.21 bits per heavy atom. The fourth-order valence-corrected chi connectivity index (χ4v) is 1.29. The molecule has 0 fully saturated rings. The van der Waals surface area contributed by atoms with Crippen LogP contribution in [0, 0.1) is 5.92 Å². The van der Waals surface area contributed by atoms with Crippen molar-refractivity contribution in [2.45, 2.75) is 20.3 Å². The van der Waals surface area contributed by atoms with Gasteiger partial charge in [-0.15, -0.1) is 5.10 Å². The first-order valence-electron chi connectivity index (χ1n) is 4.41. The van der Waals surface area contributed by atoms with E-state index in [1.165, 1.54) is 0 Å². The molecule has 0 bridgehead atoms. The Labute approximate surface area is 80.8 Å². The van der Waals surface area contributed by atoms with Crippen molar-refractivity contribution < 1.29 is 4.79 Å². The predicted molar refractivity (Wildman–Crippen MR) is 51.6 cm³/mol. The maximum Gasteiger partial charge on any atom is 0.257 e. The van der Waals surface area contributed by atoms with Gasteiger partial charge in [-0.2, -0.15) is 9.67 Å². The fraction of sp³-hybridized carbons (Fsp3) is 0.500. The van der Waals surface area contributed by atoms with Gasteiger partial charge in [0.05, 0.1) is 6.42 Å². The second-order valence-corrected chi connectivity index (χ2v) is 3.51. The van der Waals surface area contributed by atoms with Gasteiger partial charge in [0.25, 0.3) is 11.9 Å². The van der Waals surface area contributed by atoms with E-state index in [0.717, 1.165) is 10.4 Å². The molecule has 6 nitrogen and oxygen atoms in total. The van der Waals surface area contributed by atoms with Gasteiger partial charge in [0, 0.05) is 5.71 Å². The number of anilines is 1. The molecule has 0 saturated carbocycles. The van der Waals surface area contributed by atoms with Crippen molar-refractivity contribution in [3.05, 3.63) is 0 Å². The molecule has 0 unspecified atom stereocenters. The number of hydrogen-bond donors (Lipinski definition) is 1. The maximum absolute atomic E-state index is 11.5. The Kier molecular flexibility index (Phi) is 1.83. The van der Waals surface area contributed by atoms with E-state index in [1.54, 1.807) is 0 Å². The van der Waals surface area contributed by atoms with Crippen molar-refractivity contribution in [1.82, 2.24) is 14.8 Å². The minimum atomic E-state index is -0.122. The van der Waals surface area contributed by atoms with Crippen LogP contribution in [0.3, 0.4) is 0 Å². The highest BCUT2D eigenvalue weighted by Crippen LogP contribution is 2.19. The molecule has 0 spiro atoms. The molecule has 1 aromatic heterocycles. The van der Waals surface area contributed by atoms with Gasteiger partial charge >= 0.3 is 0 Å². The van der Waals surface area contributed by atoms with Crippen LogP contribution in [0.5, 0.6) is 0 Å². The summed E-state index contributed by atoms with van der Waals surface area (Å²) in [6.45, 7) is 3.98. The number of aromatic nitrogens is 3. The van der Waals surface area contributed by atoms with Gasteiger partial charge in [0.2, 0.25) is 5.95 Å². The van der Waals surface area contributed by atoms with Gasteiger partial charge in [0.1, 0.15) is 0 Å². The molecule has 74 valence electrons. The van der Waals surface area contributed by atoms with Crippen LogP contribution < -0.4 is 5.73 Å². The molecule has 0 aliphatic carbocycles. The molecule has 1 aliphatic rings. The van der Waals surface area contributed by atoms with Gasteiger partial charge in [0.15, 0.2) is 0 Å². The number of nitrogens with zero attached hydrogens (tertiary/aromatic N) is 4. The lowest BCUT2D eigenvalue weighted by molar-refractivity contribution is 0.0905. The van der Waals surface area contributed by atoms with E-state index < -0.39 is 0 Å². The van der Waals surface area contributed by atoms with Crippen LogP contribution in [0.4, 0.5) is 11.9 Å². The minimum Gasteiger partial charge on any atom is -0.366 e. The third-order valence-corrected chi connectivity index (χ3v) is 2.09. The zero-order valence-corrected chi connectivity index (χ0v) is 8.06. The zero-order chi connectivity index (χ0) is 10.3. The summed E-state index contributed by atoms with van der Waals surface area (Å²) in [5.74, 6) is 0.498. The Hall–Kier alpha value is -1.72. The number of fused-ring (bicyclic) bond motifs is 1. The van der Waals surface area contributed by atoms with Crippen LogP contribution >= 0.6 is 0 Å². The molecule has 6 heteroatoms. The molecule has 0 aromatic carbocycles. The molecule has 14 heavy (non-hydrogen) atoms. The van der Waals surface area contributed by atoms with E-state index >= 15 is 0 Å². The summed E-state index contributed by atoms with van der Waals surface area (Å²) in [6, 6.07) is 0. The third kappa shape index (κ3) is 1.28. The van der Waals surface area contributed by atoms with E-state index in [1.807, 2.05) is 13.8 Å². The summed E-state index contributed by atoms with van der Waals surface area (Å²) in [7, 11) is 0. The van der Waals surface area contributed by atoms with Crippen LogP contribution in [0.1, 0.15) is 25.1 Å². The second kappa shape index (κ2) is 2.90. The van der Waals surface area contributed by atoms with Crippen LogP contribution in [-0.4, -0.2) is 26.4 Å². The van der Waals surface area contributed by atoms with E-state index in [-0.39, 0.29) is 17.8 Å². The lowest BCUT2D eigenvalue weighted by atomic mass is 10.0. The topological polar surface area (TPSA) is 86.2 Å². The molecule has 0 radical (unpaired) electrons. The van der Waals surface area contributed by atoms with Crippen molar-refractivity contribution in [3.63, 3.8) is 0 Å². The van der Waals surface area contributed by atoms with Crippen LogP contribution in [0.15, 0.2) is 4.99 Å². The SMILES string of the molecule is CC(C)C1=Nc2nc(N)nn2C(=O)C1. The smallest absolute Gasteiger partial charge is 0.257 e. The minimum absolute atomic E-state index is 0.0853. The first kappa shape index (κ1) is 8.86. The average Bonchev–Trinajstić information content (AvgIpc) is 2.45. The summed E-state index contributed by atoms with van der Waals surface area (Å²) in [5.41, 5.74) is 6.21. The molecule has 2 rings (SSSR count). The quantitative estimate of drug-likeness (QED) is 0.708. The number of rotatable bonds is 1. The number of carbonyl (C=O) groups excluding carboxylic acids is 1. The van der Waals surface area contributed by atoms with Gasteiger partial charge in [-0.3, -0.25) is 4.79 Å². The monoisotopic (exact) mass is 193 g/mol. The van der Waals surface area contributed by atoms with Crippen molar-refractivity contribution in [2.24, 2.45) is 10.9 Å². The maximum atomic E-state index is 11.5. The molecular formula is C8H11N5O. The summed E-state index contributed by atoms with van der Waals surface area (Å²) < 4.78 is 1.15. The van der Waals surface area contributed by atoms with Crippen molar-refractivity contribution >= 4 is 23.5 Å². The van der Waals surface area contributed by atoms with Crippen molar-refractivity contribution in [1.29, 1.82) is 0 Å². The lowest BCUT2D eigenvalue weighted by Crippen LogP contribution is -2.23. The Morgan fingerprint density at radius 3 is 2.86 bits per heavy atom. The summed E-state index contributed by atoms with van der Waals surface area (Å²) >= 11 is 0. The summed E-state index contributed by atoms with van der Waals surface area (Å²) in [4.78, 5) is 19.6. The van der Waals surface area contributed by atoms with E-state index in [2.05, 4.69) is 15.1 Å². The fourth-order valence-electron chi connectivity index (χ4n) is 1.29. The van der Waals surface area contributed by atoms with Crippen LogP contribution in [0.25, 0.3) is 0 Å². The molecule has 0 amide bonds. The van der Waals surface area contributed by atoms with Gasteiger partial charge in [-0.1, -0.05) is 13.8 Å². The van der Waals surface area contributed by atoms with E-state index in [9.17, 15) is 4.79 Å². The van der Waals surface area contributed by atoms with E-state index in [4.69, 9.17) is 5.73 Å². The van der Waals surface area contributed by atoms with Crippen LogP contribution in [-0.2, 0) is 0 Å². The largest absolute Gasteiger partial charge is 0.366 e. The van der Waals surface area contributed by atoms with E-state index in [0.29, 0.717) is 12.4 Å². The Bertz CT molecular complexity index is 417. The highest BCUT2D eigenvalue weighted by atomic mass is 16.2. The Morgan fingerprint density at radius 1 is 1.50 bits per heavy atom. The first-order chi connectivity index (χ1) is 6.58. The third-order valence-electron chi connectivity index (χ3n) is 2.09.